The summed E-state index contributed by atoms with van der Waals surface area (Å²) in [6, 6.07) is 0. The van der Waals surface area contributed by atoms with Gasteiger partial charge in [0.2, 0.25) is 5.13 Å². The molecular weight excluding hydrogens is 231 g/mol. The number of alkyl halides is 2. The van der Waals surface area contributed by atoms with E-state index < -0.39 is 11.1 Å². The van der Waals surface area contributed by atoms with Crippen LogP contribution in [0.5, 0.6) is 0 Å². The fourth-order valence-electron chi connectivity index (χ4n) is 1.99. The fourth-order valence-corrected chi connectivity index (χ4v) is 2.27. The molecule has 0 aliphatic heterocycles. The van der Waals surface area contributed by atoms with Crippen molar-refractivity contribution in [3.05, 3.63) is 12.2 Å². The molecule has 4 heteroatoms. The average Bonchev–Trinajstić information content (AvgIpc) is 2.28. The van der Waals surface area contributed by atoms with E-state index in [1.165, 1.54) is 0 Å². The molecule has 0 bridgehead atoms. The van der Waals surface area contributed by atoms with Crippen LogP contribution in [0.15, 0.2) is 12.2 Å². The van der Waals surface area contributed by atoms with Crippen molar-refractivity contribution in [2.24, 2.45) is 5.92 Å². The average molecular weight is 249 g/mol. The lowest BCUT2D eigenvalue weighted by molar-refractivity contribution is -0.137. The highest BCUT2D eigenvalue weighted by molar-refractivity contribution is 6.24. The van der Waals surface area contributed by atoms with Crippen LogP contribution in [-0.4, -0.2) is 17.7 Å². The maximum Gasteiger partial charge on any atom is 0.330 e. The van der Waals surface area contributed by atoms with Gasteiger partial charge in [0.15, 0.2) is 0 Å². The second-order valence-electron chi connectivity index (χ2n) is 4.09. The maximum atomic E-state index is 14.0. The van der Waals surface area contributed by atoms with Crippen LogP contribution in [0, 0.1) is 5.92 Å². The predicted molar refractivity (Wildman–Crippen MR) is 62.0 cm³/mol. The van der Waals surface area contributed by atoms with E-state index >= 15 is 0 Å². The third-order valence-electron chi connectivity index (χ3n) is 2.88. The van der Waals surface area contributed by atoms with Crippen LogP contribution < -0.4 is 0 Å². The summed E-state index contributed by atoms with van der Waals surface area (Å²) in [7, 11) is 0. The number of hydrogen-bond acceptors (Lipinski definition) is 2. The summed E-state index contributed by atoms with van der Waals surface area (Å²) in [5, 5.41) is -1.91. The van der Waals surface area contributed by atoms with Crippen molar-refractivity contribution < 1.29 is 13.9 Å². The van der Waals surface area contributed by atoms with Gasteiger partial charge in [-0.15, -0.1) is 0 Å². The maximum absolute atomic E-state index is 14.0. The zero-order chi connectivity index (χ0) is 12.0. The summed E-state index contributed by atoms with van der Waals surface area (Å²) in [4.78, 5) is 11.0. The van der Waals surface area contributed by atoms with E-state index in [9.17, 15) is 9.18 Å². The van der Waals surface area contributed by atoms with Crippen molar-refractivity contribution >= 4 is 17.6 Å². The quantitative estimate of drug-likeness (QED) is 0.432. The van der Waals surface area contributed by atoms with Gasteiger partial charge in [-0.25, -0.2) is 9.18 Å². The molecule has 1 aliphatic carbocycles. The first-order valence-corrected chi connectivity index (χ1v) is 6.18. The molecule has 1 fully saturated rings. The van der Waals surface area contributed by atoms with Crippen LogP contribution in [0.4, 0.5) is 4.39 Å². The Morgan fingerprint density at radius 3 is 2.69 bits per heavy atom. The molecule has 0 saturated heterocycles. The minimum absolute atomic E-state index is 0.186. The molecule has 0 unspecified atom stereocenters. The number of esters is 1. The molecule has 0 amide bonds. The van der Waals surface area contributed by atoms with Crippen molar-refractivity contribution in [2.45, 2.75) is 44.2 Å². The van der Waals surface area contributed by atoms with Gasteiger partial charge >= 0.3 is 5.97 Å². The molecule has 1 saturated carbocycles. The molecule has 0 spiro atoms. The number of allylic oxidation sites excluding steroid dienone is 1. The summed E-state index contributed by atoms with van der Waals surface area (Å²) < 4.78 is 18.7. The Bertz CT molecular complexity index is 258. The first kappa shape index (κ1) is 13.5. The number of carbonyl (C=O) groups is 1. The van der Waals surface area contributed by atoms with Gasteiger partial charge in [-0.3, -0.25) is 0 Å². The van der Waals surface area contributed by atoms with Crippen molar-refractivity contribution in [3.8, 4) is 0 Å². The zero-order valence-corrected chi connectivity index (χ0v) is 10.3. The van der Waals surface area contributed by atoms with E-state index in [1.54, 1.807) is 6.92 Å². The van der Waals surface area contributed by atoms with Gasteiger partial charge in [-0.2, -0.15) is 0 Å². The Hall–Kier alpha value is -0.570. The number of carbonyl (C=O) groups excluding carboxylic acids is 1. The van der Waals surface area contributed by atoms with Crippen LogP contribution in [0.1, 0.15) is 39.0 Å². The van der Waals surface area contributed by atoms with E-state index in [0.29, 0.717) is 0 Å². The molecule has 0 aromatic rings. The summed E-state index contributed by atoms with van der Waals surface area (Å²) in [5.74, 6) is -0.727. The van der Waals surface area contributed by atoms with Crippen LogP contribution in [0.25, 0.3) is 0 Å². The van der Waals surface area contributed by atoms with E-state index in [-0.39, 0.29) is 12.5 Å². The molecule has 0 N–H and O–H groups in total. The van der Waals surface area contributed by atoms with Gasteiger partial charge in [0.1, 0.15) is 0 Å². The minimum atomic E-state index is -1.91. The number of rotatable bonds is 4. The molecule has 16 heavy (non-hydrogen) atoms. The van der Waals surface area contributed by atoms with Crippen molar-refractivity contribution in [2.75, 3.05) is 6.61 Å². The van der Waals surface area contributed by atoms with Crippen molar-refractivity contribution in [3.63, 3.8) is 0 Å². The van der Waals surface area contributed by atoms with Crippen LogP contribution >= 0.6 is 11.6 Å². The van der Waals surface area contributed by atoms with Crippen LogP contribution in [-0.2, 0) is 9.53 Å². The molecular formula is C12H18ClFO2. The largest absolute Gasteiger partial charge is 0.463 e. The van der Waals surface area contributed by atoms with Gasteiger partial charge < -0.3 is 4.74 Å². The van der Waals surface area contributed by atoms with Gasteiger partial charge in [-0.05, 0) is 25.8 Å². The second kappa shape index (κ2) is 6.24. The summed E-state index contributed by atoms with van der Waals surface area (Å²) in [6.07, 6.45) is 6.95. The monoisotopic (exact) mass is 248 g/mol. The highest BCUT2D eigenvalue weighted by Crippen LogP contribution is 2.39. The Labute approximate surface area is 101 Å². The standard InChI is InChI=1S/C12H18ClFO2/c1-2-16-11(15)8-9-12(13,14)10-6-4-3-5-7-10/h8-10H,2-7H2,1H3/b9-8+/t12-/m1/s1. The second-order valence-corrected chi connectivity index (χ2v) is 4.67. The molecule has 0 aromatic carbocycles. The smallest absolute Gasteiger partial charge is 0.330 e. The fraction of sp³-hybridized carbons (Fsp3) is 0.750. The first-order valence-electron chi connectivity index (χ1n) is 5.80. The Balaban J connectivity index is 2.51. The normalized spacial score (nSPS) is 21.9. The van der Waals surface area contributed by atoms with E-state index in [1.807, 2.05) is 0 Å². The number of hydrogen-bond donors (Lipinski definition) is 0. The first-order chi connectivity index (χ1) is 7.56. The third-order valence-corrected chi connectivity index (χ3v) is 3.31. The summed E-state index contributed by atoms with van der Waals surface area (Å²) in [6.45, 7) is 1.99. The Kier molecular flexibility index (Phi) is 5.26. The van der Waals surface area contributed by atoms with Gasteiger partial charge in [0, 0.05) is 12.0 Å². The lowest BCUT2D eigenvalue weighted by Gasteiger charge is -2.28. The molecule has 1 rings (SSSR count). The highest BCUT2D eigenvalue weighted by atomic mass is 35.5. The van der Waals surface area contributed by atoms with Gasteiger partial charge in [0.05, 0.1) is 6.61 Å². The predicted octanol–water partition coefficient (Wildman–Crippen LogP) is 3.59. The number of ether oxygens (including phenoxy) is 1. The van der Waals surface area contributed by atoms with Gasteiger partial charge in [-0.1, -0.05) is 30.9 Å². The molecule has 1 aliphatic rings. The summed E-state index contributed by atoms with van der Waals surface area (Å²) >= 11 is 5.80. The highest BCUT2D eigenvalue weighted by Gasteiger charge is 2.35. The lowest BCUT2D eigenvalue weighted by Crippen LogP contribution is -2.27. The molecule has 2 nitrogen and oxygen atoms in total. The van der Waals surface area contributed by atoms with Crippen molar-refractivity contribution in [1.82, 2.24) is 0 Å². The molecule has 1 atom stereocenters. The van der Waals surface area contributed by atoms with Gasteiger partial charge in [0.25, 0.3) is 0 Å². The Morgan fingerprint density at radius 1 is 1.50 bits per heavy atom. The molecule has 0 radical (unpaired) electrons. The van der Waals surface area contributed by atoms with E-state index in [2.05, 4.69) is 4.74 Å². The minimum Gasteiger partial charge on any atom is -0.463 e. The van der Waals surface area contributed by atoms with E-state index in [4.69, 9.17) is 11.6 Å². The molecule has 0 heterocycles. The summed E-state index contributed by atoms with van der Waals surface area (Å²) in [5.41, 5.74) is 0. The Morgan fingerprint density at radius 2 is 2.12 bits per heavy atom. The zero-order valence-electron chi connectivity index (χ0n) is 9.55. The topological polar surface area (TPSA) is 26.3 Å². The van der Waals surface area contributed by atoms with Crippen molar-refractivity contribution in [1.29, 1.82) is 0 Å². The van der Waals surface area contributed by atoms with E-state index in [0.717, 1.165) is 44.3 Å². The number of halogens is 2. The van der Waals surface area contributed by atoms with Crippen LogP contribution in [0.2, 0.25) is 0 Å². The van der Waals surface area contributed by atoms with Crippen LogP contribution in [0.3, 0.4) is 0 Å². The molecule has 0 aromatic heterocycles. The SMILES string of the molecule is CCOC(=O)/C=C/[C@](F)(Cl)C1CCCCC1. The lowest BCUT2D eigenvalue weighted by atomic mass is 9.85. The third kappa shape index (κ3) is 4.12. The molecule has 92 valence electrons.